The molecule has 0 aliphatic heterocycles. The highest BCUT2D eigenvalue weighted by Crippen LogP contribution is 2.34. The molecule has 9 nitrogen and oxygen atoms in total. The predicted octanol–water partition coefficient (Wildman–Crippen LogP) is 4.65. The highest BCUT2D eigenvalue weighted by molar-refractivity contribution is 7.98. The number of esters is 1. The molecule has 0 saturated heterocycles. The van der Waals surface area contributed by atoms with E-state index in [9.17, 15) is 14.9 Å². The van der Waals surface area contributed by atoms with Crippen LogP contribution in [0.1, 0.15) is 16.1 Å². The molecule has 2 heterocycles. The molecule has 156 valence electrons. The van der Waals surface area contributed by atoms with E-state index in [-0.39, 0.29) is 17.3 Å². The van der Waals surface area contributed by atoms with Crippen LogP contribution < -0.4 is 9.47 Å². The Kier molecular flexibility index (Phi) is 5.80. The van der Waals surface area contributed by atoms with E-state index in [0.717, 1.165) is 5.39 Å². The quantitative estimate of drug-likeness (QED) is 0.102. The van der Waals surface area contributed by atoms with Gasteiger partial charge >= 0.3 is 11.7 Å². The van der Waals surface area contributed by atoms with E-state index in [0.29, 0.717) is 22.1 Å². The van der Waals surface area contributed by atoms with Crippen LogP contribution in [0.15, 0.2) is 70.5 Å². The number of benzene rings is 2. The van der Waals surface area contributed by atoms with Crippen LogP contribution in [0.4, 0.5) is 5.69 Å². The van der Waals surface area contributed by atoms with Gasteiger partial charge in [0.15, 0.2) is 5.16 Å². The lowest BCUT2D eigenvalue weighted by molar-refractivity contribution is -0.385. The molecule has 0 N–H and O–H groups in total. The third kappa shape index (κ3) is 4.33. The Labute approximate surface area is 180 Å². The van der Waals surface area contributed by atoms with Gasteiger partial charge in [0.05, 0.1) is 18.1 Å². The summed E-state index contributed by atoms with van der Waals surface area (Å²) in [6.07, 6.45) is 3.25. The van der Waals surface area contributed by atoms with Crippen LogP contribution in [-0.2, 0) is 5.75 Å². The molecule has 31 heavy (non-hydrogen) atoms. The summed E-state index contributed by atoms with van der Waals surface area (Å²) in [7, 11) is 1.39. The average Bonchev–Trinajstić information content (AvgIpc) is 3.17. The highest BCUT2D eigenvalue weighted by Gasteiger charge is 2.26. The van der Waals surface area contributed by atoms with E-state index < -0.39 is 16.6 Å². The Morgan fingerprint density at radius 2 is 1.94 bits per heavy atom. The number of ether oxygens (including phenoxy) is 2. The summed E-state index contributed by atoms with van der Waals surface area (Å²) >= 11 is 1.33. The normalized spacial score (nSPS) is 10.7. The van der Waals surface area contributed by atoms with E-state index in [4.69, 9.17) is 13.9 Å². The van der Waals surface area contributed by atoms with Crippen LogP contribution in [0.3, 0.4) is 0 Å². The van der Waals surface area contributed by atoms with Crippen molar-refractivity contribution in [2.75, 3.05) is 7.11 Å². The number of furan rings is 1. The minimum absolute atomic E-state index is 0.0326. The van der Waals surface area contributed by atoms with Gasteiger partial charge in [0.1, 0.15) is 11.3 Å². The fourth-order valence-corrected chi connectivity index (χ4v) is 3.73. The van der Waals surface area contributed by atoms with E-state index in [1.165, 1.54) is 37.1 Å². The third-order valence-electron chi connectivity index (χ3n) is 4.34. The number of carbonyl (C=O) groups excluding carboxylic acids is 1. The first kappa shape index (κ1) is 20.4. The topological polar surface area (TPSA) is 118 Å². The molecule has 2 aromatic heterocycles. The van der Waals surface area contributed by atoms with Gasteiger partial charge < -0.3 is 13.9 Å². The summed E-state index contributed by atoms with van der Waals surface area (Å²) < 4.78 is 16.1. The van der Waals surface area contributed by atoms with Gasteiger partial charge in [-0.05, 0) is 24.3 Å². The second-order valence-corrected chi connectivity index (χ2v) is 7.15. The first-order valence-electron chi connectivity index (χ1n) is 9.01. The molecule has 4 aromatic rings. The van der Waals surface area contributed by atoms with Crippen LogP contribution in [0.25, 0.3) is 11.0 Å². The van der Waals surface area contributed by atoms with Crippen molar-refractivity contribution < 1.29 is 23.6 Å². The average molecular weight is 437 g/mol. The zero-order valence-electron chi connectivity index (χ0n) is 16.2. The number of nitrogens with zero attached hydrogens (tertiary/aromatic N) is 3. The first-order chi connectivity index (χ1) is 15.1. The number of nitro groups is 1. The SMILES string of the molecule is COc1ccc(OC(=O)c2oc3ccccc3c2CSc2ncccn2)c([N+](=O)[O-])c1. The summed E-state index contributed by atoms with van der Waals surface area (Å²) in [5.41, 5.74) is 0.704. The highest BCUT2D eigenvalue weighted by atomic mass is 32.2. The van der Waals surface area contributed by atoms with Crippen molar-refractivity contribution in [1.82, 2.24) is 9.97 Å². The maximum atomic E-state index is 12.9. The van der Waals surface area contributed by atoms with Crippen molar-refractivity contribution in [3.8, 4) is 11.5 Å². The molecule has 0 radical (unpaired) electrons. The minimum Gasteiger partial charge on any atom is -0.496 e. The number of nitro benzene ring substituents is 1. The van der Waals surface area contributed by atoms with Crippen molar-refractivity contribution in [1.29, 1.82) is 0 Å². The molecule has 0 unspecified atom stereocenters. The number of hydrogen-bond acceptors (Lipinski definition) is 9. The Balaban J connectivity index is 1.67. The third-order valence-corrected chi connectivity index (χ3v) is 5.24. The summed E-state index contributed by atoms with van der Waals surface area (Å²) in [5.74, 6) is -0.462. The zero-order valence-corrected chi connectivity index (χ0v) is 17.0. The van der Waals surface area contributed by atoms with Gasteiger partial charge in [0.25, 0.3) is 0 Å². The van der Waals surface area contributed by atoms with Gasteiger partial charge in [-0.2, -0.15) is 0 Å². The second kappa shape index (κ2) is 8.84. The van der Waals surface area contributed by atoms with Gasteiger partial charge in [0, 0.05) is 29.1 Å². The number of fused-ring (bicyclic) bond motifs is 1. The molecule has 0 fully saturated rings. The maximum Gasteiger partial charge on any atom is 0.380 e. The van der Waals surface area contributed by atoms with Crippen LogP contribution >= 0.6 is 11.8 Å². The summed E-state index contributed by atoms with van der Waals surface area (Å²) in [4.78, 5) is 32.0. The van der Waals surface area contributed by atoms with E-state index >= 15 is 0 Å². The van der Waals surface area contributed by atoms with Crippen molar-refractivity contribution in [3.63, 3.8) is 0 Å². The van der Waals surface area contributed by atoms with Gasteiger partial charge in [-0.3, -0.25) is 10.1 Å². The van der Waals surface area contributed by atoms with Gasteiger partial charge in [-0.15, -0.1) is 0 Å². The molecule has 0 bridgehead atoms. The molecule has 0 amide bonds. The van der Waals surface area contributed by atoms with Crippen LogP contribution in [0, 0.1) is 10.1 Å². The van der Waals surface area contributed by atoms with Gasteiger partial charge in [-0.1, -0.05) is 30.0 Å². The maximum absolute atomic E-state index is 12.9. The van der Waals surface area contributed by atoms with Crippen molar-refractivity contribution >= 4 is 34.4 Å². The number of carbonyl (C=O) groups is 1. The second-order valence-electron chi connectivity index (χ2n) is 6.21. The molecule has 0 aliphatic rings. The zero-order chi connectivity index (χ0) is 21.8. The summed E-state index contributed by atoms with van der Waals surface area (Å²) in [5, 5.41) is 12.7. The Morgan fingerprint density at radius 1 is 1.16 bits per heavy atom. The molecule has 10 heteroatoms. The number of hydrogen-bond donors (Lipinski definition) is 0. The standard InChI is InChI=1S/C21H15N3O6S/c1-28-13-7-8-18(16(11-13)24(26)27)30-20(25)19-15(12-31-21-22-9-4-10-23-21)14-5-2-3-6-17(14)29-19/h2-11H,12H2,1H3. The predicted molar refractivity (Wildman–Crippen MR) is 112 cm³/mol. The molecular formula is C21H15N3O6S. The van der Waals surface area contributed by atoms with E-state index in [2.05, 4.69) is 9.97 Å². The van der Waals surface area contributed by atoms with Crippen molar-refractivity contribution in [2.45, 2.75) is 10.9 Å². The smallest absolute Gasteiger partial charge is 0.380 e. The van der Waals surface area contributed by atoms with Crippen LogP contribution in [0.2, 0.25) is 0 Å². The van der Waals surface area contributed by atoms with Gasteiger partial charge in [-0.25, -0.2) is 14.8 Å². The summed E-state index contributed by atoms with van der Waals surface area (Å²) in [6.45, 7) is 0. The molecule has 0 aliphatic carbocycles. The number of thioether (sulfide) groups is 1. The van der Waals surface area contributed by atoms with Crippen molar-refractivity contribution in [3.05, 3.63) is 82.4 Å². The molecule has 0 atom stereocenters. The molecular weight excluding hydrogens is 422 g/mol. The fourth-order valence-electron chi connectivity index (χ4n) is 2.90. The van der Waals surface area contributed by atoms with Crippen LogP contribution in [-0.4, -0.2) is 28.0 Å². The fraction of sp³-hybridized carbons (Fsp3) is 0.0952. The first-order valence-corrected chi connectivity index (χ1v) is 10.00. The summed E-state index contributed by atoms with van der Waals surface area (Å²) in [6, 6.07) is 12.8. The largest absolute Gasteiger partial charge is 0.496 e. The molecule has 4 rings (SSSR count). The lowest BCUT2D eigenvalue weighted by atomic mass is 10.1. The number of rotatable bonds is 7. The number of aromatic nitrogens is 2. The molecule has 2 aromatic carbocycles. The van der Waals surface area contributed by atoms with Crippen LogP contribution in [0.5, 0.6) is 11.5 Å². The minimum atomic E-state index is -0.839. The molecule has 0 saturated carbocycles. The lowest BCUT2D eigenvalue weighted by Gasteiger charge is -2.07. The van der Waals surface area contributed by atoms with Gasteiger partial charge in [0.2, 0.25) is 11.5 Å². The Bertz CT molecular complexity index is 1260. The molecule has 0 spiro atoms. The van der Waals surface area contributed by atoms with E-state index in [1.54, 1.807) is 30.6 Å². The number of para-hydroxylation sites is 1. The van der Waals surface area contributed by atoms with E-state index in [1.807, 2.05) is 12.1 Å². The lowest BCUT2D eigenvalue weighted by Crippen LogP contribution is -2.11. The number of methoxy groups -OCH3 is 1. The van der Waals surface area contributed by atoms with Crippen molar-refractivity contribution in [2.24, 2.45) is 0 Å². The monoisotopic (exact) mass is 437 g/mol. The Hall–Kier alpha value is -3.92. The Morgan fingerprint density at radius 3 is 2.68 bits per heavy atom.